The molecule has 1 aromatic rings. The first kappa shape index (κ1) is 14.0. The smallest absolute Gasteiger partial charge is 0.313 e. The quantitative estimate of drug-likeness (QED) is 0.615. The van der Waals surface area contributed by atoms with Crippen LogP contribution in [0.3, 0.4) is 0 Å². The van der Waals surface area contributed by atoms with E-state index in [4.69, 9.17) is 0 Å². The number of nitrogens with one attached hydrogen (secondary N) is 1. The number of carbonyl (C=O) groups is 3. The molecule has 0 bridgehead atoms. The SMILES string of the molecule is O=CN1CCN(C(=O)C(=O)Nc2ccc(F)cc2)CC1. The molecule has 2 rings (SSSR count). The predicted octanol–water partition coefficient (Wildman–Crippen LogP) is 0.0648. The average Bonchev–Trinajstić information content (AvgIpc) is 2.49. The minimum atomic E-state index is -0.767. The van der Waals surface area contributed by atoms with Gasteiger partial charge in [0.25, 0.3) is 0 Å². The van der Waals surface area contributed by atoms with Crippen molar-refractivity contribution in [3.63, 3.8) is 0 Å². The molecule has 106 valence electrons. The lowest BCUT2D eigenvalue weighted by Crippen LogP contribution is -2.51. The highest BCUT2D eigenvalue weighted by Crippen LogP contribution is 2.09. The largest absolute Gasteiger partial charge is 0.342 e. The Bertz CT molecular complexity index is 510. The number of hydrogen-bond donors (Lipinski definition) is 1. The van der Waals surface area contributed by atoms with Crippen molar-refractivity contribution in [1.29, 1.82) is 0 Å². The van der Waals surface area contributed by atoms with E-state index in [1.165, 1.54) is 29.2 Å². The summed E-state index contributed by atoms with van der Waals surface area (Å²) in [6.07, 6.45) is 0.723. The van der Waals surface area contributed by atoms with Crippen molar-refractivity contribution in [2.45, 2.75) is 0 Å². The van der Waals surface area contributed by atoms with Crippen molar-refractivity contribution in [3.05, 3.63) is 30.1 Å². The van der Waals surface area contributed by atoms with Crippen LogP contribution in [0.4, 0.5) is 10.1 Å². The molecule has 0 atom stereocenters. The maximum atomic E-state index is 12.7. The van der Waals surface area contributed by atoms with Crippen molar-refractivity contribution in [1.82, 2.24) is 9.80 Å². The summed E-state index contributed by atoms with van der Waals surface area (Å²) in [6, 6.07) is 5.15. The van der Waals surface area contributed by atoms with E-state index in [1.54, 1.807) is 4.90 Å². The Kier molecular flexibility index (Phi) is 4.29. The van der Waals surface area contributed by atoms with Crippen LogP contribution < -0.4 is 5.32 Å². The van der Waals surface area contributed by atoms with Crippen LogP contribution >= 0.6 is 0 Å². The number of rotatable bonds is 2. The van der Waals surface area contributed by atoms with Gasteiger partial charge in [-0.2, -0.15) is 0 Å². The van der Waals surface area contributed by atoms with E-state index in [-0.39, 0.29) is 0 Å². The molecular formula is C13H14FN3O3. The number of halogens is 1. The highest BCUT2D eigenvalue weighted by atomic mass is 19.1. The molecule has 1 aliphatic heterocycles. The van der Waals surface area contributed by atoms with E-state index >= 15 is 0 Å². The second-order valence-corrected chi connectivity index (χ2v) is 4.39. The Labute approximate surface area is 115 Å². The lowest BCUT2D eigenvalue weighted by Gasteiger charge is -2.31. The van der Waals surface area contributed by atoms with Crippen molar-refractivity contribution in [2.24, 2.45) is 0 Å². The summed E-state index contributed by atoms with van der Waals surface area (Å²) in [4.78, 5) is 37.1. The van der Waals surface area contributed by atoms with Crippen LogP contribution in [-0.4, -0.2) is 54.2 Å². The molecule has 0 spiro atoms. The van der Waals surface area contributed by atoms with Gasteiger partial charge in [-0.25, -0.2) is 4.39 Å². The Morgan fingerprint density at radius 1 is 1.10 bits per heavy atom. The molecule has 0 radical (unpaired) electrons. The van der Waals surface area contributed by atoms with Gasteiger partial charge in [0.2, 0.25) is 6.41 Å². The average molecular weight is 279 g/mol. The van der Waals surface area contributed by atoms with E-state index in [9.17, 15) is 18.8 Å². The summed E-state index contributed by atoms with van der Waals surface area (Å²) in [5.41, 5.74) is 0.358. The summed E-state index contributed by atoms with van der Waals surface area (Å²) in [6.45, 7) is 1.49. The standard InChI is InChI=1S/C13H14FN3O3/c14-10-1-3-11(4-2-10)15-12(19)13(20)17-7-5-16(9-18)6-8-17/h1-4,9H,5-8H2,(H,15,19). The number of anilines is 1. The summed E-state index contributed by atoms with van der Waals surface area (Å²) in [5, 5.41) is 2.41. The van der Waals surface area contributed by atoms with Gasteiger partial charge >= 0.3 is 11.8 Å². The highest BCUT2D eigenvalue weighted by Gasteiger charge is 2.25. The number of nitrogens with zero attached hydrogens (tertiary/aromatic N) is 2. The van der Waals surface area contributed by atoms with Crippen LogP contribution in [0.1, 0.15) is 0 Å². The third kappa shape index (κ3) is 3.31. The first-order valence-electron chi connectivity index (χ1n) is 6.15. The lowest BCUT2D eigenvalue weighted by atomic mass is 10.3. The second-order valence-electron chi connectivity index (χ2n) is 4.39. The van der Waals surface area contributed by atoms with Crippen LogP contribution in [0, 0.1) is 5.82 Å². The van der Waals surface area contributed by atoms with E-state index in [0.717, 1.165) is 6.41 Å². The number of amides is 3. The van der Waals surface area contributed by atoms with Gasteiger partial charge < -0.3 is 15.1 Å². The third-order valence-electron chi connectivity index (χ3n) is 3.05. The van der Waals surface area contributed by atoms with Crippen LogP contribution in [0.2, 0.25) is 0 Å². The summed E-state index contributed by atoms with van der Waals surface area (Å²) in [5.74, 6) is -1.84. The molecule has 6 nitrogen and oxygen atoms in total. The number of carbonyl (C=O) groups excluding carboxylic acids is 3. The van der Waals surface area contributed by atoms with Gasteiger partial charge in [0.05, 0.1) is 0 Å². The Hall–Kier alpha value is -2.44. The zero-order chi connectivity index (χ0) is 14.5. The monoisotopic (exact) mass is 279 g/mol. The predicted molar refractivity (Wildman–Crippen MR) is 69.2 cm³/mol. The molecular weight excluding hydrogens is 265 g/mol. The second kappa shape index (κ2) is 6.14. The molecule has 0 aromatic heterocycles. The highest BCUT2D eigenvalue weighted by molar-refractivity contribution is 6.39. The van der Waals surface area contributed by atoms with E-state index in [2.05, 4.69) is 5.32 Å². The zero-order valence-corrected chi connectivity index (χ0v) is 10.7. The van der Waals surface area contributed by atoms with Crippen molar-refractivity contribution >= 4 is 23.9 Å². The molecule has 7 heteroatoms. The molecule has 1 aliphatic rings. The fourth-order valence-electron chi connectivity index (χ4n) is 1.89. The summed E-state index contributed by atoms with van der Waals surface area (Å²) < 4.78 is 12.7. The molecule has 20 heavy (non-hydrogen) atoms. The minimum absolute atomic E-state index is 0.328. The summed E-state index contributed by atoms with van der Waals surface area (Å²) in [7, 11) is 0. The van der Waals surface area contributed by atoms with Gasteiger partial charge in [0.1, 0.15) is 5.82 Å². The minimum Gasteiger partial charge on any atom is -0.342 e. The van der Waals surface area contributed by atoms with Crippen molar-refractivity contribution in [2.75, 3.05) is 31.5 Å². The van der Waals surface area contributed by atoms with Gasteiger partial charge in [-0.15, -0.1) is 0 Å². The zero-order valence-electron chi connectivity index (χ0n) is 10.7. The van der Waals surface area contributed by atoms with Gasteiger partial charge in [-0.05, 0) is 24.3 Å². The maximum absolute atomic E-state index is 12.7. The van der Waals surface area contributed by atoms with Crippen LogP contribution in [0.5, 0.6) is 0 Å². The Balaban J connectivity index is 1.90. The molecule has 0 aliphatic carbocycles. The molecule has 3 amide bonds. The van der Waals surface area contributed by atoms with Gasteiger partial charge in [-0.3, -0.25) is 14.4 Å². The molecule has 0 unspecified atom stereocenters. The maximum Gasteiger partial charge on any atom is 0.313 e. The third-order valence-corrected chi connectivity index (χ3v) is 3.05. The van der Waals surface area contributed by atoms with Crippen molar-refractivity contribution < 1.29 is 18.8 Å². The first-order chi connectivity index (χ1) is 9.60. The van der Waals surface area contributed by atoms with Crippen LogP contribution in [0.25, 0.3) is 0 Å². The molecule has 1 fully saturated rings. The number of hydrogen-bond acceptors (Lipinski definition) is 3. The topological polar surface area (TPSA) is 69.7 Å². The van der Waals surface area contributed by atoms with Gasteiger partial charge in [0, 0.05) is 31.9 Å². The van der Waals surface area contributed by atoms with E-state index < -0.39 is 17.6 Å². The molecule has 0 saturated carbocycles. The molecule has 1 heterocycles. The van der Waals surface area contributed by atoms with E-state index in [0.29, 0.717) is 31.9 Å². The molecule has 1 saturated heterocycles. The number of benzene rings is 1. The lowest BCUT2D eigenvalue weighted by molar-refractivity contribution is -0.144. The summed E-state index contributed by atoms with van der Waals surface area (Å²) >= 11 is 0. The normalized spacial score (nSPS) is 14.8. The van der Waals surface area contributed by atoms with Crippen molar-refractivity contribution in [3.8, 4) is 0 Å². The Morgan fingerprint density at radius 3 is 2.25 bits per heavy atom. The van der Waals surface area contributed by atoms with Crippen LogP contribution in [-0.2, 0) is 14.4 Å². The fraction of sp³-hybridized carbons (Fsp3) is 0.308. The van der Waals surface area contributed by atoms with E-state index in [1.807, 2.05) is 0 Å². The van der Waals surface area contributed by atoms with Gasteiger partial charge in [0.15, 0.2) is 0 Å². The first-order valence-corrected chi connectivity index (χ1v) is 6.15. The van der Waals surface area contributed by atoms with Crippen LogP contribution in [0.15, 0.2) is 24.3 Å². The molecule has 1 N–H and O–H groups in total. The Morgan fingerprint density at radius 2 is 1.70 bits per heavy atom. The fourth-order valence-corrected chi connectivity index (χ4v) is 1.89. The number of piperazine rings is 1. The molecule has 1 aromatic carbocycles. The van der Waals surface area contributed by atoms with Gasteiger partial charge in [-0.1, -0.05) is 0 Å².